The highest BCUT2D eigenvalue weighted by Crippen LogP contribution is 2.33. The topological polar surface area (TPSA) is 126 Å². The molecule has 3 fully saturated rings. The van der Waals surface area contributed by atoms with Gasteiger partial charge in [-0.25, -0.2) is 4.98 Å². The number of Topliss-reactive ketones (excluding diaryl/α,β-unsaturated/α-hetero) is 1. The maximum absolute atomic E-state index is 13.9. The van der Waals surface area contributed by atoms with Gasteiger partial charge in [-0.1, -0.05) is 42.5 Å². The molecule has 220 valence electrons. The molecule has 3 N–H and O–H groups in total. The smallest absolute Gasteiger partial charge is 0.245 e. The number of nitrogens with one attached hydrogen (secondary N) is 1. The number of nitrogens with zero attached hydrogens (tertiary/aromatic N) is 3. The SMILES string of the molecule is N[C@H]1CC[C@H]([C@@H](NC(=O)[C@H]2CC[C@@H]3C(=O)N(CCCc4ccccc4)CC(=O)N23)C(=O)c2nc3ccccc3s2)CC1. The molecule has 2 aliphatic heterocycles. The number of hydrogen-bond acceptors (Lipinski definition) is 7. The van der Waals surface area contributed by atoms with Gasteiger partial charge in [-0.15, -0.1) is 11.3 Å². The lowest BCUT2D eigenvalue weighted by atomic mass is 9.80. The second-order valence-electron chi connectivity index (χ2n) is 11.8. The number of carbonyl (C=O) groups is 4. The Kier molecular flexibility index (Phi) is 8.35. The van der Waals surface area contributed by atoms with Gasteiger partial charge < -0.3 is 20.9 Å². The summed E-state index contributed by atoms with van der Waals surface area (Å²) < 4.78 is 0.918. The average molecular weight is 588 g/mol. The number of aromatic nitrogens is 1. The summed E-state index contributed by atoms with van der Waals surface area (Å²) in [5, 5.41) is 3.41. The molecule has 0 spiro atoms. The summed E-state index contributed by atoms with van der Waals surface area (Å²) in [7, 11) is 0. The van der Waals surface area contributed by atoms with Crippen molar-refractivity contribution in [1.29, 1.82) is 0 Å². The van der Waals surface area contributed by atoms with Gasteiger partial charge in [0.1, 0.15) is 12.1 Å². The van der Waals surface area contributed by atoms with E-state index in [2.05, 4.69) is 22.4 Å². The number of fused-ring (bicyclic) bond motifs is 2. The Morgan fingerprint density at radius 3 is 2.48 bits per heavy atom. The Labute approximate surface area is 249 Å². The maximum atomic E-state index is 13.9. The first-order valence-corrected chi connectivity index (χ1v) is 15.8. The third kappa shape index (κ3) is 5.83. The molecule has 3 heterocycles. The van der Waals surface area contributed by atoms with Crippen LogP contribution in [0.1, 0.15) is 60.3 Å². The van der Waals surface area contributed by atoms with Crippen LogP contribution in [0.15, 0.2) is 54.6 Å². The van der Waals surface area contributed by atoms with Crippen LogP contribution in [0.5, 0.6) is 0 Å². The molecular formula is C32H37N5O4S. The number of amides is 3. The predicted molar refractivity (Wildman–Crippen MR) is 161 cm³/mol. The summed E-state index contributed by atoms with van der Waals surface area (Å²) in [6.45, 7) is 0.478. The Morgan fingerprint density at radius 2 is 1.71 bits per heavy atom. The summed E-state index contributed by atoms with van der Waals surface area (Å²) in [6.07, 6.45) is 5.46. The van der Waals surface area contributed by atoms with E-state index in [0.29, 0.717) is 24.4 Å². The molecule has 2 saturated heterocycles. The number of benzene rings is 2. The number of thiazole rings is 1. The summed E-state index contributed by atoms with van der Waals surface area (Å²) >= 11 is 1.33. The Bertz CT molecular complexity index is 1430. The number of aryl methyl sites for hydroxylation is 1. The van der Waals surface area contributed by atoms with Crippen molar-refractivity contribution in [3.05, 3.63) is 65.2 Å². The third-order valence-corrected chi connectivity index (χ3v) is 10.1. The van der Waals surface area contributed by atoms with E-state index < -0.39 is 18.1 Å². The van der Waals surface area contributed by atoms with Crippen LogP contribution in [0.25, 0.3) is 10.2 Å². The number of para-hydroxylation sites is 1. The van der Waals surface area contributed by atoms with E-state index >= 15 is 0 Å². The molecular weight excluding hydrogens is 550 g/mol. The minimum Gasteiger partial charge on any atom is -0.344 e. The number of nitrogens with two attached hydrogens (primary N) is 1. The van der Waals surface area contributed by atoms with Gasteiger partial charge in [0.05, 0.1) is 22.8 Å². The van der Waals surface area contributed by atoms with E-state index in [1.54, 1.807) is 4.90 Å². The van der Waals surface area contributed by atoms with Crippen molar-refractivity contribution in [3.63, 3.8) is 0 Å². The van der Waals surface area contributed by atoms with Gasteiger partial charge in [0, 0.05) is 12.6 Å². The first kappa shape index (κ1) is 28.5. The molecule has 3 atom stereocenters. The first-order valence-electron chi connectivity index (χ1n) is 15.0. The van der Waals surface area contributed by atoms with E-state index in [1.807, 2.05) is 42.5 Å². The van der Waals surface area contributed by atoms with Crippen molar-refractivity contribution in [2.24, 2.45) is 11.7 Å². The molecule has 1 saturated carbocycles. The zero-order chi connectivity index (χ0) is 29.2. The predicted octanol–water partition coefficient (Wildman–Crippen LogP) is 3.32. The van der Waals surface area contributed by atoms with Crippen LogP contribution in [0, 0.1) is 5.92 Å². The van der Waals surface area contributed by atoms with Crippen molar-refractivity contribution < 1.29 is 19.2 Å². The molecule has 6 rings (SSSR count). The highest BCUT2D eigenvalue weighted by Gasteiger charge is 2.49. The number of ketones is 1. The summed E-state index contributed by atoms with van der Waals surface area (Å²) in [5.74, 6) is -0.948. The first-order chi connectivity index (χ1) is 20.4. The molecule has 0 unspecified atom stereocenters. The zero-order valence-electron chi connectivity index (χ0n) is 23.6. The zero-order valence-corrected chi connectivity index (χ0v) is 24.4. The quantitative estimate of drug-likeness (QED) is 0.370. The Balaban J connectivity index is 1.14. The van der Waals surface area contributed by atoms with E-state index in [1.165, 1.54) is 21.8 Å². The van der Waals surface area contributed by atoms with Crippen LogP contribution in [0.2, 0.25) is 0 Å². The van der Waals surface area contributed by atoms with Crippen LogP contribution < -0.4 is 11.1 Å². The minimum absolute atomic E-state index is 0.0253. The highest BCUT2D eigenvalue weighted by molar-refractivity contribution is 7.20. The fourth-order valence-corrected chi connectivity index (χ4v) is 7.68. The van der Waals surface area contributed by atoms with Crippen LogP contribution in [0.3, 0.4) is 0 Å². The second-order valence-corrected chi connectivity index (χ2v) is 12.8. The summed E-state index contributed by atoms with van der Waals surface area (Å²) in [6, 6.07) is 15.6. The van der Waals surface area contributed by atoms with Gasteiger partial charge >= 0.3 is 0 Å². The Hall–Kier alpha value is -3.63. The molecule has 0 radical (unpaired) electrons. The molecule has 2 aromatic carbocycles. The second kappa shape index (κ2) is 12.3. The maximum Gasteiger partial charge on any atom is 0.245 e. The van der Waals surface area contributed by atoms with Crippen LogP contribution in [-0.4, -0.2) is 75.5 Å². The lowest BCUT2D eigenvalue weighted by Crippen LogP contribution is -2.62. The number of piperazine rings is 1. The van der Waals surface area contributed by atoms with Crippen molar-refractivity contribution in [3.8, 4) is 0 Å². The van der Waals surface area contributed by atoms with E-state index in [4.69, 9.17) is 5.73 Å². The molecule has 3 aromatic rings. The van der Waals surface area contributed by atoms with E-state index in [-0.39, 0.29) is 42.0 Å². The van der Waals surface area contributed by atoms with E-state index in [0.717, 1.165) is 48.7 Å². The number of rotatable bonds is 9. The summed E-state index contributed by atoms with van der Waals surface area (Å²) in [5.41, 5.74) is 8.10. The van der Waals surface area contributed by atoms with Gasteiger partial charge in [0.15, 0.2) is 5.01 Å². The summed E-state index contributed by atoms with van der Waals surface area (Å²) in [4.78, 5) is 62.0. The van der Waals surface area contributed by atoms with Crippen LogP contribution >= 0.6 is 11.3 Å². The number of hydrogen-bond donors (Lipinski definition) is 2. The van der Waals surface area contributed by atoms with Gasteiger partial charge in [0.25, 0.3) is 0 Å². The van der Waals surface area contributed by atoms with Gasteiger partial charge in [-0.2, -0.15) is 0 Å². The standard InChI is InChI=1S/C32H37N5O4S/c33-22-14-12-21(13-15-22)28(29(39)31-34-23-10-4-5-11-26(23)42-31)35-30(40)24-16-17-25-32(41)36(19-27(38)37(24)25)18-6-9-20-7-2-1-3-8-20/h1-5,7-8,10-11,21-22,24-25,28H,6,9,12-19,33H2,(H,35,40)/t21-,22-,24-,25-,28-/m1/s1. The normalized spacial score (nSPS) is 25.0. The fraction of sp³-hybridized carbons (Fsp3) is 0.469. The Morgan fingerprint density at radius 1 is 0.976 bits per heavy atom. The molecule has 10 heteroatoms. The molecule has 42 heavy (non-hydrogen) atoms. The van der Waals surface area contributed by atoms with Crippen molar-refractivity contribution >= 4 is 45.1 Å². The minimum atomic E-state index is -0.769. The molecule has 1 aliphatic carbocycles. The molecule has 0 bridgehead atoms. The van der Waals surface area contributed by atoms with Gasteiger partial charge in [0.2, 0.25) is 23.5 Å². The average Bonchev–Trinajstić information content (AvgIpc) is 3.65. The fourth-order valence-electron chi connectivity index (χ4n) is 6.74. The molecule has 9 nitrogen and oxygen atoms in total. The lowest BCUT2D eigenvalue weighted by molar-refractivity contribution is -0.157. The monoisotopic (exact) mass is 587 g/mol. The van der Waals surface area contributed by atoms with Crippen LogP contribution in [-0.2, 0) is 20.8 Å². The van der Waals surface area contributed by atoms with Gasteiger partial charge in [-0.05, 0) is 75.0 Å². The molecule has 3 aliphatic rings. The lowest BCUT2D eigenvalue weighted by Gasteiger charge is -2.39. The van der Waals surface area contributed by atoms with Crippen molar-refractivity contribution in [2.45, 2.75) is 75.5 Å². The third-order valence-electron chi connectivity index (χ3n) is 9.01. The van der Waals surface area contributed by atoms with E-state index in [9.17, 15) is 19.2 Å². The molecule has 3 amide bonds. The van der Waals surface area contributed by atoms with Crippen LogP contribution in [0.4, 0.5) is 0 Å². The van der Waals surface area contributed by atoms with Crippen molar-refractivity contribution in [1.82, 2.24) is 20.1 Å². The van der Waals surface area contributed by atoms with Crippen molar-refractivity contribution in [2.75, 3.05) is 13.1 Å². The van der Waals surface area contributed by atoms with Gasteiger partial charge in [-0.3, -0.25) is 19.2 Å². The number of carbonyl (C=O) groups excluding carboxylic acids is 4. The molecule has 1 aromatic heterocycles. The largest absolute Gasteiger partial charge is 0.344 e. The highest BCUT2D eigenvalue weighted by atomic mass is 32.1.